The molecule has 0 aliphatic carbocycles. The van der Waals surface area contributed by atoms with Crippen LogP contribution in [0.15, 0.2) is 40.9 Å². The summed E-state index contributed by atoms with van der Waals surface area (Å²) in [6, 6.07) is 9.04. The van der Waals surface area contributed by atoms with E-state index < -0.39 is 11.6 Å². The number of para-hydroxylation sites is 1. The molecular weight excluding hydrogens is 304 g/mol. The lowest BCUT2D eigenvalue weighted by atomic mass is 10.2. The lowest BCUT2D eigenvalue weighted by molar-refractivity contribution is 0.288. The Bertz CT molecular complexity index is 552. The Labute approximate surface area is 112 Å². The summed E-state index contributed by atoms with van der Waals surface area (Å²) in [7, 11) is 0. The fourth-order valence-electron chi connectivity index (χ4n) is 1.48. The van der Waals surface area contributed by atoms with Crippen molar-refractivity contribution in [1.29, 1.82) is 0 Å². The highest BCUT2D eigenvalue weighted by Crippen LogP contribution is 2.30. The van der Waals surface area contributed by atoms with Crippen molar-refractivity contribution in [2.75, 3.05) is 5.73 Å². The molecule has 0 atom stereocenters. The maximum absolute atomic E-state index is 13.5. The smallest absolute Gasteiger partial charge is 0.169 e. The van der Waals surface area contributed by atoms with Gasteiger partial charge in [-0.2, -0.15) is 0 Å². The Morgan fingerprint density at radius 1 is 1.17 bits per heavy atom. The van der Waals surface area contributed by atoms with Crippen LogP contribution in [-0.2, 0) is 6.61 Å². The summed E-state index contributed by atoms with van der Waals surface area (Å²) in [6.07, 6.45) is 0. The predicted octanol–water partition coefficient (Wildman–Crippen LogP) is 3.89. The Kier molecular flexibility index (Phi) is 3.81. The van der Waals surface area contributed by atoms with E-state index in [1.807, 2.05) is 6.07 Å². The monoisotopic (exact) mass is 313 g/mol. The summed E-state index contributed by atoms with van der Waals surface area (Å²) < 4.78 is 31.9. The number of nitrogen functional groups attached to an aromatic ring is 1. The van der Waals surface area contributed by atoms with Crippen LogP contribution in [-0.4, -0.2) is 0 Å². The molecule has 0 heterocycles. The fraction of sp³-hybridized carbons (Fsp3) is 0.0769. The third-order valence-corrected chi connectivity index (χ3v) is 2.98. The number of rotatable bonds is 3. The number of hydrogen-bond acceptors (Lipinski definition) is 2. The van der Waals surface area contributed by atoms with Gasteiger partial charge < -0.3 is 10.5 Å². The Morgan fingerprint density at radius 3 is 2.56 bits per heavy atom. The molecule has 0 aromatic heterocycles. The van der Waals surface area contributed by atoms with Crippen LogP contribution in [0.5, 0.6) is 5.75 Å². The van der Waals surface area contributed by atoms with Gasteiger partial charge in [-0.1, -0.05) is 18.2 Å². The fourth-order valence-corrected chi connectivity index (χ4v) is 2.00. The van der Waals surface area contributed by atoms with E-state index in [0.717, 1.165) is 17.7 Å². The first-order chi connectivity index (χ1) is 8.58. The van der Waals surface area contributed by atoms with Gasteiger partial charge in [-0.25, -0.2) is 8.78 Å². The van der Waals surface area contributed by atoms with Gasteiger partial charge in [0.2, 0.25) is 0 Å². The molecule has 0 spiro atoms. The first-order valence-electron chi connectivity index (χ1n) is 5.18. The summed E-state index contributed by atoms with van der Waals surface area (Å²) in [4.78, 5) is 0. The molecule has 0 unspecified atom stereocenters. The second-order valence-corrected chi connectivity index (χ2v) is 4.54. The van der Waals surface area contributed by atoms with Crippen molar-refractivity contribution < 1.29 is 13.5 Å². The van der Waals surface area contributed by atoms with E-state index in [1.165, 1.54) is 0 Å². The van der Waals surface area contributed by atoms with E-state index in [9.17, 15) is 8.78 Å². The number of hydrogen-bond donors (Lipinski definition) is 1. The molecule has 0 radical (unpaired) electrons. The average molecular weight is 314 g/mol. The standard InChI is InChI=1S/C13H10BrF2NO/c14-10-5-9(15)6-11(16)13(10)18-7-8-3-1-2-4-12(8)17/h1-6H,7,17H2. The average Bonchev–Trinajstić information content (AvgIpc) is 2.30. The van der Waals surface area contributed by atoms with Gasteiger partial charge in [0.05, 0.1) is 4.47 Å². The van der Waals surface area contributed by atoms with Gasteiger partial charge in [0, 0.05) is 17.3 Å². The van der Waals surface area contributed by atoms with E-state index >= 15 is 0 Å². The molecule has 94 valence electrons. The SMILES string of the molecule is Nc1ccccc1COc1c(F)cc(F)cc1Br. The van der Waals surface area contributed by atoms with Crippen molar-refractivity contribution in [3.8, 4) is 5.75 Å². The van der Waals surface area contributed by atoms with Gasteiger partial charge in [0.1, 0.15) is 12.4 Å². The molecule has 18 heavy (non-hydrogen) atoms. The van der Waals surface area contributed by atoms with Gasteiger partial charge in [-0.3, -0.25) is 0 Å². The molecule has 2 aromatic carbocycles. The number of benzene rings is 2. The van der Waals surface area contributed by atoms with Crippen LogP contribution < -0.4 is 10.5 Å². The zero-order chi connectivity index (χ0) is 13.1. The van der Waals surface area contributed by atoms with Crippen LogP contribution in [0.1, 0.15) is 5.56 Å². The largest absolute Gasteiger partial charge is 0.485 e. The first-order valence-corrected chi connectivity index (χ1v) is 5.98. The minimum Gasteiger partial charge on any atom is -0.485 e. The molecule has 2 rings (SSSR count). The van der Waals surface area contributed by atoms with Crippen LogP contribution in [0, 0.1) is 11.6 Å². The quantitative estimate of drug-likeness (QED) is 0.873. The summed E-state index contributed by atoms with van der Waals surface area (Å²) in [5.41, 5.74) is 7.05. The topological polar surface area (TPSA) is 35.2 Å². The lowest BCUT2D eigenvalue weighted by Crippen LogP contribution is -2.02. The van der Waals surface area contributed by atoms with E-state index in [-0.39, 0.29) is 16.8 Å². The third-order valence-electron chi connectivity index (χ3n) is 2.39. The first kappa shape index (κ1) is 12.8. The molecule has 0 saturated carbocycles. The minimum absolute atomic E-state index is 0.0281. The second kappa shape index (κ2) is 5.35. The van der Waals surface area contributed by atoms with Crippen molar-refractivity contribution in [2.45, 2.75) is 6.61 Å². The van der Waals surface area contributed by atoms with Crippen LogP contribution in [0.2, 0.25) is 0 Å². The molecule has 0 saturated heterocycles. The summed E-state index contributed by atoms with van der Waals surface area (Å²) in [5.74, 6) is -1.44. The maximum atomic E-state index is 13.5. The molecule has 0 aliphatic heterocycles. The van der Waals surface area contributed by atoms with Crippen molar-refractivity contribution >= 4 is 21.6 Å². The molecule has 0 aliphatic rings. The van der Waals surface area contributed by atoms with E-state index in [1.54, 1.807) is 18.2 Å². The molecule has 2 N–H and O–H groups in total. The van der Waals surface area contributed by atoms with Crippen molar-refractivity contribution in [1.82, 2.24) is 0 Å². The van der Waals surface area contributed by atoms with E-state index in [0.29, 0.717) is 5.69 Å². The summed E-state index contributed by atoms with van der Waals surface area (Å²) in [6.45, 7) is 0.119. The van der Waals surface area contributed by atoms with Gasteiger partial charge in [-0.05, 0) is 28.1 Å². The van der Waals surface area contributed by atoms with Gasteiger partial charge in [0.25, 0.3) is 0 Å². The molecule has 2 nitrogen and oxygen atoms in total. The highest BCUT2D eigenvalue weighted by atomic mass is 79.9. The van der Waals surface area contributed by atoms with Crippen LogP contribution >= 0.6 is 15.9 Å². The Balaban J connectivity index is 2.19. The zero-order valence-corrected chi connectivity index (χ0v) is 10.9. The zero-order valence-electron chi connectivity index (χ0n) is 9.29. The highest BCUT2D eigenvalue weighted by Gasteiger charge is 2.11. The van der Waals surface area contributed by atoms with Crippen molar-refractivity contribution in [3.63, 3.8) is 0 Å². The Morgan fingerprint density at radius 2 is 1.89 bits per heavy atom. The molecule has 0 bridgehead atoms. The van der Waals surface area contributed by atoms with E-state index in [4.69, 9.17) is 10.5 Å². The molecular formula is C13H10BrF2NO. The summed E-state index contributed by atoms with van der Waals surface area (Å²) >= 11 is 3.05. The normalized spacial score (nSPS) is 10.4. The molecule has 5 heteroatoms. The lowest BCUT2D eigenvalue weighted by Gasteiger charge is -2.10. The molecule has 2 aromatic rings. The minimum atomic E-state index is -0.753. The van der Waals surface area contributed by atoms with Crippen LogP contribution in [0.25, 0.3) is 0 Å². The molecule has 0 fully saturated rings. The predicted molar refractivity (Wildman–Crippen MR) is 69.2 cm³/mol. The van der Waals surface area contributed by atoms with Crippen LogP contribution in [0.4, 0.5) is 14.5 Å². The molecule has 0 amide bonds. The maximum Gasteiger partial charge on any atom is 0.169 e. The van der Waals surface area contributed by atoms with Gasteiger partial charge >= 0.3 is 0 Å². The van der Waals surface area contributed by atoms with Crippen molar-refractivity contribution in [3.05, 3.63) is 58.1 Å². The second-order valence-electron chi connectivity index (χ2n) is 3.69. The van der Waals surface area contributed by atoms with Gasteiger partial charge in [-0.15, -0.1) is 0 Å². The van der Waals surface area contributed by atoms with Gasteiger partial charge in [0.15, 0.2) is 11.6 Å². The number of halogens is 3. The highest BCUT2D eigenvalue weighted by molar-refractivity contribution is 9.10. The number of anilines is 1. The number of nitrogens with two attached hydrogens (primary N) is 1. The van der Waals surface area contributed by atoms with Crippen LogP contribution in [0.3, 0.4) is 0 Å². The summed E-state index contributed by atoms with van der Waals surface area (Å²) in [5, 5.41) is 0. The third kappa shape index (κ3) is 2.79. The van der Waals surface area contributed by atoms with Crippen molar-refractivity contribution in [2.24, 2.45) is 0 Å². The number of ether oxygens (including phenoxy) is 1. The van der Waals surface area contributed by atoms with E-state index in [2.05, 4.69) is 15.9 Å². The Hall–Kier alpha value is -1.62.